The molecule has 0 atom stereocenters. The number of amides is 2. The van der Waals surface area contributed by atoms with Crippen LogP contribution in [0.2, 0.25) is 0 Å². The van der Waals surface area contributed by atoms with Gasteiger partial charge >= 0.3 is 0 Å². The number of rotatable bonds is 6. The maximum absolute atomic E-state index is 12.4. The highest BCUT2D eigenvalue weighted by atomic mass is 16.2. The molecule has 36 heavy (non-hydrogen) atoms. The minimum absolute atomic E-state index is 0.0129. The van der Waals surface area contributed by atoms with E-state index < -0.39 is 11.8 Å². The molecule has 0 saturated carbocycles. The number of hydrazone groups is 2. The van der Waals surface area contributed by atoms with Crippen LogP contribution in [0.5, 0.6) is 0 Å². The number of carbonyl (C=O) groups excluding carboxylic acids is 2. The number of fused-ring (bicyclic) bond motifs is 2. The molecule has 0 spiro atoms. The molecule has 5 aromatic rings. The van der Waals surface area contributed by atoms with Gasteiger partial charge < -0.3 is 0 Å². The van der Waals surface area contributed by atoms with E-state index >= 15 is 0 Å². The van der Waals surface area contributed by atoms with E-state index in [1.807, 2.05) is 60.7 Å². The molecule has 2 amide bonds. The van der Waals surface area contributed by atoms with Crippen LogP contribution in [-0.4, -0.2) is 44.2 Å². The SMILES string of the molecule is O=C(NN=Cc1ccc2ncccc2c1)c1cc(C(=O)NN=Cc2ccc3ncccc3c2)ncn1. The number of aromatic nitrogens is 4. The second-order valence-electron chi connectivity index (χ2n) is 7.60. The van der Waals surface area contributed by atoms with Crippen LogP contribution in [0, 0.1) is 0 Å². The number of nitrogens with zero attached hydrogens (tertiary/aromatic N) is 6. The van der Waals surface area contributed by atoms with Crippen molar-refractivity contribution >= 4 is 46.0 Å². The van der Waals surface area contributed by atoms with Gasteiger partial charge in [0.05, 0.1) is 23.5 Å². The molecule has 0 unspecified atom stereocenters. The Morgan fingerprint density at radius 3 is 1.64 bits per heavy atom. The van der Waals surface area contributed by atoms with E-state index in [4.69, 9.17) is 0 Å². The van der Waals surface area contributed by atoms with Gasteiger partial charge in [0.1, 0.15) is 17.7 Å². The van der Waals surface area contributed by atoms with Gasteiger partial charge in [-0.05, 0) is 47.5 Å². The predicted octanol–water partition coefficient (Wildman–Crippen LogP) is 3.10. The molecule has 10 heteroatoms. The standard InChI is InChI=1S/C26H18N8O2/c35-25(33-31-14-17-5-7-21-19(11-17)3-1-9-27-21)23-13-24(30-16-29-23)26(36)34-32-15-18-6-8-22-20(12-18)4-2-10-28-22/h1-16H,(H,33,35)(H,34,36). The highest BCUT2D eigenvalue weighted by Crippen LogP contribution is 2.13. The molecular formula is C26H18N8O2. The first-order valence-corrected chi connectivity index (χ1v) is 10.8. The van der Waals surface area contributed by atoms with Crippen molar-refractivity contribution in [1.82, 2.24) is 30.8 Å². The molecular weight excluding hydrogens is 456 g/mol. The topological polar surface area (TPSA) is 134 Å². The van der Waals surface area contributed by atoms with Crippen molar-refractivity contribution in [2.75, 3.05) is 0 Å². The molecule has 2 aromatic carbocycles. The first kappa shape index (κ1) is 22.4. The summed E-state index contributed by atoms with van der Waals surface area (Å²) in [6, 6.07) is 20.1. The monoisotopic (exact) mass is 474 g/mol. The highest BCUT2D eigenvalue weighted by molar-refractivity contribution is 5.98. The van der Waals surface area contributed by atoms with Crippen molar-refractivity contribution < 1.29 is 9.59 Å². The first-order chi connectivity index (χ1) is 17.7. The maximum Gasteiger partial charge on any atom is 0.290 e. The van der Waals surface area contributed by atoms with E-state index in [2.05, 4.69) is 41.0 Å². The average molecular weight is 474 g/mol. The Hall–Kier alpha value is -5.38. The Balaban J connectivity index is 1.20. The third kappa shape index (κ3) is 5.23. The van der Waals surface area contributed by atoms with Gasteiger partial charge in [0.2, 0.25) is 0 Å². The summed E-state index contributed by atoms with van der Waals surface area (Å²) in [7, 11) is 0. The lowest BCUT2D eigenvalue weighted by Gasteiger charge is -2.02. The number of hydrogen-bond acceptors (Lipinski definition) is 8. The smallest absolute Gasteiger partial charge is 0.266 e. The van der Waals surface area contributed by atoms with Crippen LogP contribution < -0.4 is 10.9 Å². The van der Waals surface area contributed by atoms with E-state index in [0.29, 0.717) is 0 Å². The largest absolute Gasteiger partial charge is 0.290 e. The van der Waals surface area contributed by atoms with Crippen LogP contribution in [0.25, 0.3) is 21.8 Å². The van der Waals surface area contributed by atoms with Crippen LogP contribution in [0.3, 0.4) is 0 Å². The molecule has 10 nitrogen and oxygen atoms in total. The van der Waals surface area contributed by atoms with Gasteiger partial charge in [-0.25, -0.2) is 20.8 Å². The van der Waals surface area contributed by atoms with Gasteiger partial charge in [-0.1, -0.05) is 24.3 Å². The molecule has 0 bridgehead atoms. The van der Waals surface area contributed by atoms with Gasteiger partial charge in [0, 0.05) is 29.2 Å². The second kappa shape index (κ2) is 10.3. The highest BCUT2D eigenvalue weighted by Gasteiger charge is 2.12. The zero-order chi connectivity index (χ0) is 24.7. The Bertz CT molecular complexity index is 1530. The first-order valence-electron chi connectivity index (χ1n) is 10.8. The summed E-state index contributed by atoms with van der Waals surface area (Å²) in [5.41, 5.74) is 8.08. The summed E-state index contributed by atoms with van der Waals surface area (Å²) in [4.78, 5) is 41.2. The molecule has 0 saturated heterocycles. The molecule has 3 aromatic heterocycles. The molecule has 0 aliphatic rings. The van der Waals surface area contributed by atoms with Crippen LogP contribution in [0.1, 0.15) is 32.1 Å². The number of benzene rings is 2. The van der Waals surface area contributed by atoms with Gasteiger partial charge in [-0.3, -0.25) is 19.6 Å². The van der Waals surface area contributed by atoms with E-state index in [-0.39, 0.29) is 11.4 Å². The fourth-order valence-electron chi connectivity index (χ4n) is 3.40. The lowest BCUT2D eigenvalue weighted by Crippen LogP contribution is -2.23. The summed E-state index contributed by atoms with van der Waals surface area (Å²) in [5.74, 6) is -1.17. The van der Waals surface area contributed by atoms with Crippen molar-refractivity contribution in [3.63, 3.8) is 0 Å². The van der Waals surface area contributed by atoms with Crippen LogP contribution >= 0.6 is 0 Å². The summed E-state index contributed by atoms with van der Waals surface area (Å²) in [6.07, 6.45) is 7.60. The summed E-state index contributed by atoms with van der Waals surface area (Å²) in [6.45, 7) is 0. The van der Waals surface area contributed by atoms with Crippen LogP contribution in [0.15, 0.2) is 95.7 Å². The zero-order valence-corrected chi connectivity index (χ0v) is 18.7. The normalized spacial score (nSPS) is 11.3. The lowest BCUT2D eigenvalue weighted by atomic mass is 10.1. The van der Waals surface area contributed by atoms with Crippen molar-refractivity contribution in [3.8, 4) is 0 Å². The number of hydrogen-bond donors (Lipinski definition) is 2. The number of nitrogens with one attached hydrogen (secondary N) is 2. The second-order valence-corrected chi connectivity index (χ2v) is 7.60. The van der Waals surface area contributed by atoms with Gasteiger partial charge in [0.25, 0.3) is 11.8 Å². The fraction of sp³-hybridized carbons (Fsp3) is 0. The number of carbonyl (C=O) groups is 2. The molecule has 5 rings (SSSR count). The summed E-state index contributed by atoms with van der Waals surface area (Å²) >= 11 is 0. The maximum atomic E-state index is 12.4. The van der Waals surface area contributed by atoms with Crippen molar-refractivity contribution in [1.29, 1.82) is 0 Å². The van der Waals surface area contributed by atoms with Crippen molar-refractivity contribution in [3.05, 3.63) is 108 Å². The Kier molecular flexibility index (Phi) is 6.39. The Morgan fingerprint density at radius 1 is 0.639 bits per heavy atom. The third-order valence-electron chi connectivity index (χ3n) is 5.15. The predicted molar refractivity (Wildman–Crippen MR) is 136 cm³/mol. The molecule has 3 heterocycles. The van der Waals surface area contributed by atoms with Crippen LogP contribution in [-0.2, 0) is 0 Å². The fourth-order valence-corrected chi connectivity index (χ4v) is 3.40. The van der Waals surface area contributed by atoms with E-state index in [1.54, 1.807) is 12.4 Å². The Morgan fingerprint density at radius 2 is 1.14 bits per heavy atom. The molecule has 0 aliphatic heterocycles. The summed E-state index contributed by atoms with van der Waals surface area (Å²) < 4.78 is 0. The zero-order valence-electron chi connectivity index (χ0n) is 18.7. The summed E-state index contributed by atoms with van der Waals surface area (Å²) in [5, 5.41) is 9.86. The average Bonchev–Trinajstić information content (AvgIpc) is 2.93. The molecule has 0 aliphatic carbocycles. The van der Waals surface area contributed by atoms with Crippen molar-refractivity contribution in [2.45, 2.75) is 0 Å². The van der Waals surface area contributed by atoms with E-state index in [9.17, 15) is 9.59 Å². The van der Waals surface area contributed by atoms with Crippen LogP contribution in [0.4, 0.5) is 0 Å². The quantitative estimate of drug-likeness (QED) is 0.287. The van der Waals surface area contributed by atoms with Crippen molar-refractivity contribution in [2.24, 2.45) is 10.2 Å². The molecule has 0 fully saturated rings. The number of pyridine rings is 2. The molecule has 2 N–H and O–H groups in total. The minimum atomic E-state index is -0.585. The minimum Gasteiger partial charge on any atom is -0.266 e. The van der Waals surface area contributed by atoms with Gasteiger partial charge in [0.15, 0.2) is 0 Å². The molecule has 0 radical (unpaired) electrons. The molecule has 174 valence electrons. The Labute approximate surface area is 204 Å². The van der Waals surface area contributed by atoms with Gasteiger partial charge in [-0.15, -0.1) is 0 Å². The lowest BCUT2D eigenvalue weighted by molar-refractivity contribution is 0.0948. The third-order valence-corrected chi connectivity index (χ3v) is 5.15. The van der Waals surface area contributed by atoms with E-state index in [1.165, 1.54) is 18.5 Å². The van der Waals surface area contributed by atoms with E-state index in [0.717, 1.165) is 39.3 Å². The van der Waals surface area contributed by atoms with Gasteiger partial charge in [-0.2, -0.15) is 10.2 Å².